The molecule has 1 amide bonds. The second kappa shape index (κ2) is 7.97. The Hall–Kier alpha value is -1.59. The predicted molar refractivity (Wildman–Crippen MR) is 104 cm³/mol. The number of nitrogens with zero attached hydrogens (tertiary/aromatic N) is 2. The van der Waals surface area contributed by atoms with Crippen molar-refractivity contribution in [2.75, 3.05) is 26.2 Å². The van der Waals surface area contributed by atoms with Gasteiger partial charge < -0.3 is 10.1 Å². The lowest BCUT2D eigenvalue weighted by molar-refractivity contribution is 0.0508. The highest BCUT2D eigenvalue weighted by atomic mass is 16.6. The summed E-state index contributed by atoms with van der Waals surface area (Å²) in [6.07, 6.45) is 2.34. The molecule has 1 aromatic carbocycles. The molecule has 2 aliphatic rings. The fraction of sp³-hybridized carbons (Fsp3) is 0.667. The number of ether oxygens (including phenoxy) is 1. The van der Waals surface area contributed by atoms with Crippen LogP contribution in [0, 0.1) is 0 Å². The van der Waals surface area contributed by atoms with E-state index in [2.05, 4.69) is 39.4 Å². The zero-order valence-corrected chi connectivity index (χ0v) is 16.6. The first-order chi connectivity index (χ1) is 12.3. The minimum absolute atomic E-state index is 0.0686. The number of carbonyl (C=O) groups is 1. The molecule has 0 spiro atoms. The number of carbonyl (C=O) groups excluding carboxylic acids is 1. The Morgan fingerprint density at radius 1 is 1.23 bits per heavy atom. The van der Waals surface area contributed by atoms with Gasteiger partial charge in [-0.3, -0.25) is 9.80 Å². The van der Waals surface area contributed by atoms with Crippen LogP contribution in [0.4, 0.5) is 4.79 Å². The van der Waals surface area contributed by atoms with E-state index in [0.717, 1.165) is 24.7 Å². The van der Waals surface area contributed by atoms with Gasteiger partial charge in [-0.15, -0.1) is 0 Å². The van der Waals surface area contributed by atoms with E-state index >= 15 is 0 Å². The lowest BCUT2D eigenvalue weighted by atomic mass is 10.1. The number of fused-ring (bicyclic) bond motifs is 1. The molecule has 2 heterocycles. The van der Waals surface area contributed by atoms with Crippen molar-refractivity contribution in [1.82, 2.24) is 15.1 Å². The van der Waals surface area contributed by atoms with Crippen LogP contribution in [0.3, 0.4) is 0 Å². The van der Waals surface area contributed by atoms with Crippen LogP contribution in [-0.4, -0.2) is 53.7 Å². The summed E-state index contributed by atoms with van der Waals surface area (Å²) in [7, 11) is 0. The van der Waals surface area contributed by atoms with Gasteiger partial charge in [-0.05, 0) is 58.2 Å². The second-order valence-electron chi connectivity index (χ2n) is 8.68. The average Bonchev–Trinajstić information content (AvgIpc) is 3.01. The van der Waals surface area contributed by atoms with E-state index in [9.17, 15) is 4.79 Å². The Balaban J connectivity index is 1.50. The molecule has 144 valence electrons. The summed E-state index contributed by atoms with van der Waals surface area (Å²) < 4.78 is 5.33. The summed E-state index contributed by atoms with van der Waals surface area (Å²) in [5.41, 5.74) is 1.96. The Labute approximate surface area is 157 Å². The maximum atomic E-state index is 11.9. The largest absolute Gasteiger partial charge is 0.444 e. The molecule has 5 heteroatoms. The highest BCUT2D eigenvalue weighted by molar-refractivity contribution is 5.68. The predicted octanol–water partition coefficient (Wildman–Crippen LogP) is 3.55. The number of nitrogens with one attached hydrogen (secondary N) is 1. The lowest BCUT2D eigenvalue weighted by Crippen LogP contribution is -2.49. The third-order valence-electron chi connectivity index (χ3n) is 5.29. The van der Waals surface area contributed by atoms with E-state index < -0.39 is 5.60 Å². The quantitative estimate of drug-likeness (QED) is 0.893. The van der Waals surface area contributed by atoms with Crippen LogP contribution < -0.4 is 5.32 Å². The van der Waals surface area contributed by atoms with Crippen molar-refractivity contribution in [3.05, 3.63) is 35.4 Å². The third-order valence-corrected chi connectivity index (χ3v) is 5.29. The summed E-state index contributed by atoms with van der Waals surface area (Å²) >= 11 is 0. The lowest BCUT2D eigenvalue weighted by Gasteiger charge is -2.37. The van der Waals surface area contributed by atoms with Crippen LogP contribution in [0.1, 0.15) is 57.7 Å². The molecule has 1 N–H and O–H groups in total. The van der Waals surface area contributed by atoms with Gasteiger partial charge in [-0.1, -0.05) is 24.3 Å². The molecule has 26 heavy (non-hydrogen) atoms. The number of hydrogen-bond donors (Lipinski definition) is 1. The van der Waals surface area contributed by atoms with Crippen molar-refractivity contribution in [3.63, 3.8) is 0 Å². The van der Waals surface area contributed by atoms with Crippen LogP contribution in [-0.2, 0) is 11.3 Å². The normalized spacial score (nSPS) is 22.7. The third kappa shape index (κ3) is 5.21. The summed E-state index contributed by atoms with van der Waals surface area (Å²) in [6, 6.07) is 9.29. The molecule has 2 aliphatic heterocycles. The van der Waals surface area contributed by atoms with Gasteiger partial charge >= 0.3 is 6.09 Å². The Kier molecular flexibility index (Phi) is 5.88. The van der Waals surface area contributed by atoms with Crippen LogP contribution >= 0.6 is 0 Å². The maximum absolute atomic E-state index is 11.9. The molecule has 1 aromatic rings. The first-order valence-corrected chi connectivity index (χ1v) is 9.85. The molecule has 0 unspecified atom stereocenters. The number of hydrogen-bond acceptors (Lipinski definition) is 4. The average molecular weight is 360 g/mol. The monoisotopic (exact) mass is 359 g/mol. The molecule has 0 saturated carbocycles. The molecular formula is C21H33N3O2. The molecule has 2 fully saturated rings. The van der Waals surface area contributed by atoms with Crippen LogP contribution in [0.25, 0.3) is 0 Å². The number of piperazine rings is 1. The van der Waals surface area contributed by atoms with Crippen LogP contribution in [0.2, 0.25) is 0 Å². The van der Waals surface area contributed by atoms with Gasteiger partial charge in [0, 0.05) is 32.2 Å². The van der Waals surface area contributed by atoms with E-state index in [1.165, 1.54) is 38.0 Å². The van der Waals surface area contributed by atoms with Crippen molar-refractivity contribution >= 4 is 6.09 Å². The Morgan fingerprint density at radius 3 is 2.65 bits per heavy atom. The topological polar surface area (TPSA) is 44.8 Å². The molecule has 3 rings (SSSR count). The molecule has 0 radical (unpaired) electrons. The zero-order chi connectivity index (χ0) is 18.7. The van der Waals surface area contributed by atoms with Gasteiger partial charge in [0.05, 0.1) is 6.04 Å². The Morgan fingerprint density at radius 2 is 1.96 bits per heavy atom. The van der Waals surface area contributed by atoms with E-state index in [4.69, 9.17) is 4.74 Å². The van der Waals surface area contributed by atoms with E-state index in [1.54, 1.807) is 0 Å². The highest BCUT2D eigenvalue weighted by Gasteiger charge is 2.30. The second-order valence-corrected chi connectivity index (χ2v) is 8.68. The fourth-order valence-electron chi connectivity index (χ4n) is 3.94. The molecular weight excluding hydrogens is 326 g/mol. The van der Waals surface area contributed by atoms with Crippen molar-refractivity contribution in [2.24, 2.45) is 0 Å². The molecule has 0 bridgehead atoms. The zero-order valence-electron chi connectivity index (χ0n) is 16.6. The van der Waals surface area contributed by atoms with E-state index in [0.29, 0.717) is 0 Å². The van der Waals surface area contributed by atoms with Gasteiger partial charge in [-0.2, -0.15) is 0 Å². The summed E-state index contributed by atoms with van der Waals surface area (Å²) in [5.74, 6) is 0. The number of alkyl carbamates (subject to hydrolysis) is 1. The first-order valence-electron chi connectivity index (χ1n) is 9.85. The van der Waals surface area contributed by atoms with Gasteiger partial charge in [0.2, 0.25) is 0 Å². The van der Waals surface area contributed by atoms with Gasteiger partial charge in [0.25, 0.3) is 0 Å². The van der Waals surface area contributed by atoms with Crippen LogP contribution in [0.15, 0.2) is 24.3 Å². The number of benzene rings is 1. The SMILES string of the molecule is C[C@H](NC(=O)OC(C)(C)C)c1ccc(CN2CCN3CCC[C@@H]3C2)cc1. The minimum atomic E-state index is -0.475. The summed E-state index contributed by atoms with van der Waals surface area (Å²) in [5, 5.41) is 2.90. The fourth-order valence-corrected chi connectivity index (χ4v) is 3.94. The minimum Gasteiger partial charge on any atom is -0.444 e. The Bertz CT molecular complexity index is 609. The highest BCUT2D eigenvalue weighted by Crippen LogP contribution is 2.23. The van der Waals surface area contributed by atoms with Crippen LogP contribution in [0.5, 0.6) is 0 Å². The van der Waals surface area contributed by atoms with Crippen molar-refractivity contribution in [2.45, 2.75) is 64.8 Å². The standard InChI is InChI=1S/C21H33N3O2/c1-16(22-20(25)26-21(2,3)4)18-9-7-17(8-10-18)14-23-12-13-24-11-5-6-19(24)15-23/h7-10,16,19H,5-6,11-15H2,1-4H3,(H,22,25)/t16-,19+/m0/s1. The number of rotatable bonds is 4. The molecule has 2 atom stereocenters. The molecule has 2 saturated heterocycles. The summed E-state index contributed by atoms with van der Waals surface area (Å²) in [4.78, 5) is 17.1. The molecule has 0 aromatic heterocycles. The number of amides is 1. The van der Waals surface area contributed by atoms with Crippen molar-refractivity contribution < 1.29 is 9.53 Å². The first kappa shape index (κ1) is 19.2. The van der Waals surface area contributed by atoms with Gasteiger partial charge in [0.15, 0.2) is 0 Å². The van der Waals surface area contributed by atoms with Gasteiger partial charge in [-0.25, -0.2) is 4.79 Å². The van der Waals surface area contributed by atoms with Crippen molar-refractivity contribution in [1.29, 1.82) is 0 Å². The van der Waals surface area contributed by atoms with Gasteiger partial charge in [0.1, 0.15) is 5.60 Å². The smallest absolute Gasteiger partial charge is 0.408 e. The van der Waals surface area contributed by atoms with E-state index in [1.807, 2.05) is 27.7 Å². The van der Waals surface area contributed by atoms with E-state index in [-0.39, 0.29) is 12.1 Å². The maximum Gasteiger partial charge on any atom is 0.408 e. The molecule has 0 aliphatic carbocycles. The summed E-state index contributed by atoms with van der Waals surface area (Å²) in [6.45, 7) is 13.5. The molecule has 5 nitrogen and oxygen atoms in total. The van der Waals surface area contributed by atoms with Crippen molar-refractivity contribution in [3.8, 4) is 0 Å².